The molecule has 0 aliphatic carbocycles. The SMILES string of the molecule is Cc1cc(C2(O)CNC2)ccc1Br. The summed E-state index contributed by atoms with van der Waals surface area (Å²) >= 11 is 3.44. The molecule has 2 N–H and O–H groups in total. The van der Waals surface area contributed by atoms with Crippen molar-refractivity contribution in [3.63, 3.8) is 0 Å². The zero-order valence-electron chi connectivity index (χ0n) is 7.47. The van der Waals surface area contributed by atoms with E-state index in [9.17, 15) is 5.11 Å². The van der Waals surface area contributed by atoms with Gasteiger partial charge in [0.15, 0.2) is 0 Å². The van der Waals surface area contributed by atoms with Gasteiger partial charge in [0.2, 0.25) is 0 Å². The van der Waals surface area contributed by atoms with Gasteiger partial charge in [0.1, 0.15) is 5.60 Å². The fraction of sp³-hybridized carbons (Fsp3) is 0.400. The third-order valence-corrected chi connectivity index (χ3v) is 3.42. The summed E-state index contributed by atoms with van der Waals surface area (Å²) in [5, 5.41) is 13.1. The van der Waals surface area contributed by atoms with E-state index in [4.69, 9.17) is 0 Å². The van der Waals surface area contributed by atoms with Gasteiger partial charge < -0.3 is 10.4 Å². The highest BCUT2D eigenvalue weighted by Gasteiger charge is 2.36. The number of benzene rings is 1. The maximum Gasteiger partial charge on any atom is 0.114 e. The zero-order chi connectivity index (χ0) is 9.47. The lowest BCUT2D eigenvalue weighted by Crippen LogP contribution is -2.56. The number of rotatable bonds is 1. The molecule has 0 unspecified atom stereocenters. The molecule has 0 aromatic heterocycles. The van der Waals surface area contributed by atoms with Gasteiger partial charge in [-0.2, -0.15) is 0 Å². The average Bonchev–Trinajstić information content (AvgIpc) is 2.06. The van der Waals surface area contributed by atoms with Crippen molar-refractivity contribution in [1.29, 1.82) is 0 Å². The van der Waals surface area contributed by atoms with Gasteiger partial charge in [-0.3, -0.25) is 0 Å². The topological polar surface area (TPSA) is 32.3 Å². The molecule has 2 rings (SSSR count). The van der Waals surface area contributed by atoms with Crippen LogP contribution in [0.25, 0.3) is 0 Å². The van der Waals surface area contributed by atoms with Crippen LogP contribution in [0.2, 0.25) is 0 Å². The summed E-state index contributed by atoms with van der Waals surface area (Å²) in [6, 6.07) is 5.99. The number of hydrogen-bond acceptors (Lipinski definition) is 2. The minimum atomic E-state index is -0.633. The van der Waals surface area contributed by atoms with Crippen molar-refractivity contribution in [2.24, 2.45) is 0 Å². The van der Waals surface area contributed by atoms with Crippen LogP contribution in [0.4, 0.5) is 0 Å². The van der Waals surface area contributed by atoms with Crippen molar-refractivity contribution in [3.05, 3.63) is 33.8 Å². The summed E-state index contributed by atoms with van der Waals surface area (Å²) in [5.41, 5.74) is 1.54. The molecular weight excluding hydrogens is 230 g/mol. The molecule has 70 valence electrons. The molecule has 0 bridgehead atoms. The van der Waals surface area contributed by atoms with Crippen LogP contribution in [-0.4, -0.2) is 18.2 Å². The van der Waals surface area contributed by atoms with Gasteiger partial charge >= 0.3 is 0 Å². The van der Waals surface area contributed by atoms with Crippen LogP contribution in [0.15, 0.2) is 22.7 Å². The molecular formula is C10H12BrNO. The minimum Gasteiger partial charge on any atom is -0.382 e. The number of β-amino-alcohol motifs (C(OH)–C–C–N with tert-alkyl or cyclic N) is 1. The smallest absolute Gasteiger partial charge is 0.114 e. The van der Waals surface area contributed by atoms with Crippen molar-refractivity contribution in [2.75, 3.05) is 13.1 Å². The normalized spacial score (nSPS) is 19.6. The van der Waals surface area contributed by atoms with Crippen LogP contribution in [0.3, 0.4) is 0 Å². The Labute approximate surface area is 86.1 Å². The van der Waals surface area contributed by atoms with Crippen LogP contribution in [0, 0.1) is 6.92 Å². The monoisotopic (exact) mass is 241 g/mol. The molecule has 3 heteroatoms. The van der Waals surface area contributed by atoms with Crippen LogP contribution < -0.4 is 5.32 Å². The molecule has 0 spiro atoms. The van der Waals surface area contributed by atoms with Crippen LogP contribution in [-0.2, 0) is 5.60 Å². The standard InChI is InChI=1S/C10H12BrNO/c1-7-4-8(2-3-9(7)11)10(13)5-12-6-10/h2-4,12-13H,5-6H2,1H3. The summed E-state index contributed by atoms with van der Waals surface area (Å²) in [6.45, 7) is 3.35. The van der Waals surface area contributed by atoms with Gasteiger partial charge in [0.25, 0.3) is 0 Å². The molecule has 1 fully saturated rings. The lowest BCUT2D eigenvalue weighted by atomic mass is 9.87. The van der Waals surface area contributed by atoms with E-state index < -0.39 is 5.60 Å². The molecule has 2 nitrogen and oxygen atoms in total. The van der Waals surface area contributed by atoms with Crippen LogP contribution in [0.1, 0.15) is 11.1 Å². The molecule has 1 aromatic carbocycles. The Hall–Kier alpha value is -0.380. The van der Waals surface area contributed by atoms with E-state index in [1.165, 1.54) is 0 Å². The second-order valence-corrected chi connectivity index (χ2v) is 4.45. The van der Waals surface area contributed by atoms with Gasteiger partial charge in [-0.25, -0.2) is 0 Å². The molecule has 1 saturated heterocycles. The largest absolute Gasteiger partial charge is 0.382 e. The maximum absolute atomic E-state index is 10.0. The Kier molecular flexibility index (Phi) is 2.18. The minimum absolute atomic E-state index is 0.633. The highest BCUT2D eigenvalue weighted by Crippen LogP contribution is 2.28. The van der Waals surface area contributed by atoms with E-state index >= 15 is 0 Å². The molecule has 0 amide bonds. The molecule has 1 aromatic rings. The number of halogens is 1. The van der Waals surface area contributed by atoms with Crippen molar-refractivity contribution >= 4 is 15.9 Å². The van der Waals surface area contributed by atoms with Gasteiger partial charge in [-0.05, 0) is 24.1 Å². The van der Waals surface area contributed by atoms with E-state index in [0.29, 0.717) is 13.1 Å². The first-order chi connectivity index (χ1) is 6.12. The van der Waals surface area contributed by atoms with E-state index in [1.54, 1.807) is 0 Å². The first-order valence-corrected chi connectivity index (χ1v) is 5.11. The van der Waals surface area contributed by atoms with Gasteiger partial charge in [0.05, 0.1) is 0 Å². The summed E-state index contributed by atoms with van der Waals surface area (Å²) in [7, 11) is 0. The highest BCUT2D eigenvalue weighted by atomic mass is 79.9. The van der Waals surface area contributed by atoms with Gasteiger partial charge in [-0.1, -0.05) is 28.1 Å². The quantitative estimate of drug-likeness (QED) is 0.783. The van der Waals surface area contributed by atoms with E-state index in [-0.39, 0.29) is 0 Å². The Bertz CT molecular complexity index is 334. The molecule has 1 aliphatic heterocycles. The molecule has 1 aliphatic rings. The van der Waals surface area contributed by atoms with Crippen molar-refractivity contribution in [1.82, 2.24) is 5.32 Å². The fourth-order valence-corrected chi connectivity index (χ4v) is 1.75. The number of aliphatic hydroxyl groups is 1. The molecule has 1 heterocycles. The number of nitrogens with one attached hydrogen (secondary N) is 1. The Balaban J connectivity index is 2.36. The van der Waals surface area contributed by atoms with Crippen molar-refractivity contribution in [3.8, 4) is 0 Å². The molecule has 0 radical (unpaired) electrons. The summed E-state index contributed by atoms with van der Waals surface area (Å²) in [6.07, 6.45) is 0. The lowest BCUT2D eigenvalue weighted by Gasteiger charge is -2.38. The van der Waals surface area contributed by atoms with Crippen molar-refractivity contribution in [2.45, 2.75) is 12.5 Å². The molecule has 13 heavy (non-hydrogen) atoms. The summed E-state index contributed by atoms with van der Waals surface area (Å²) in [4.78, 5) is 0. The van der Waals surface area contributed by atoms with E-state index in [2.05, 4.69) is 21.2 Å². The zero-order valence-corrected chi connectivity index (χ0v) is 9.06. The third kappa shape index (κ3) is 1.52. The van der Waals surface area contributed by atoms with Crippen LogP contribution in [0.5, 0.6) is 0 Å². The van der Waals surface area contributed by atoms with Crippen molar-refractivity contribution < 1.29 is 5.11 Å². The Morgan fingerprint density at radius 2 is 2.15 bits per heavy atom. The Morgan fingerprint density at radius 3 is 2.62 bits per heavy atom. The summed E-state index contributed by atoms with van der Waals surface area (Å²) in [5.74, 6) is 0. The third-order valence-electron chi connectivity index (χ3n) is 2.53. The molecule has 0 saturated carbocycles. The average molecular weight is 242 g/mol. The van der Waals surface area contributed by atoms with Gasteiger partial charge in [-0.15, -0.1) is 0 Å². The number of aryl methyl sites for hydroxylation is 1. The van der Waals surface area contributed by atoms with Gasteiger partial charge in [0, 0.05) is 17.6 Å². The lowest BCUT2D eigenvalue weighted by molar-refractivity contribution is -0.0147. The highest BCUT2D eigenvalue weighted by molar-refractivity contribution is 9.10. The Morgan fingerprint density at radius 1 is 1.46 bits per heavy atom. The van der Waals surface area contributed by atoms with Crippen LogP contribution >= 0.6 is 15.9 Å². The second kappa shape index (κ2) is 3.08. The fourth-order valence-electron chi connectivity index (χ4n) is 1.50. The predicted molar refractivity (Wildman–Crippen MR) is 55.6 cm³/mol. The predicted octanol–water partition coefficient (Wildman–Crippen LogP) is 1.55. The summed E-state index contributed by atoms with van der Waals surface area (Å²) < 4.78 is 1.09. The van der Waals surface area contributed by atoms with E-state index in [0.717, 1.165) is 15.6 Å². The first kappa shape index (κ1) is 9.19. The maximum atomic E-state index is 10.0. The second-order valence-electron chi connectivity index (χ2n) is 3.60. The van der Waals surface area contributed by atoms with E-state index in [1.807, 2.05) is 25.1 Å². The molecule has 0 atom stereocenters. The first-order valence-electron chi connectivity index (χ1n) is 4.31. The number of hydrogen-bond donors (Lipinski definition) is 2.